The van der Waals surface area contributed by atoms with Gasteiger partial charge in [-0.05, 0) is 19.1 Å². The van der Waals surface area contributed by atoms with Crippen LogP contribution in [0.4, 0.5) is 5.69 Å². The standard InChI is InChI=1S/C11H15N3O3/c1-7(11(16)14-12)17-10-6-4-3-5-9(10)13-8(2)15/h3-7H,12H2,1-2H3,(H,13,15)(H,14,16). The Morgan fingerprint density at radius 3 is 2.59 bits per heavy atom. The third-order valence-electron chi connectivity index (χ3n) is 2.01. The molecule has 92 valence electrons. The Hall–Kier alpha value is -2.08. The number of nitrogens with one attached hydrogen (secondary N) is 2. The lowest BCUT2D eigenvalue weighted by atomic mass is 10.3. The number of carbonyl (C=O) groups excluding carboxylic acids is 2. The van der Waals surface area contributed by atoms with Crippen molar-refractivity contribution in [2.24, 2.45) is 5.84 Å². The first kappa shape index (κ1) is 13.0. The molecule has 4 N–H and O–H groups in total. The monoisotopic (exact) mass is 237 g/mol. The van der Waals surface area contributed by atoms with Gasteiger partial charge in [-0.3, -0.25) is 15.0 Å². The zero-order chi connectivity index (χ0) is 12.8. The zero-order valence-corrected chi connectivity index (χ0v) is 9.69. The molecule has 0 aliphatic carbocycles. The lowest BCUT2D eigenvalue weighted by Crippen LogP contribution is -2.40. The number of hydrazine groups is 1. The number of amides is 2. The zero-order valence-electron chi connectivity index (χ0n) is 9.69. The highest BCUT2D eigenvalue weighted by Gasteiger charge is 2.15. The van der Waals surface area contributed by atoms with Crippen LogP contribution in [0.3, 0.4) is 0 Å². The van der Waals surface area contributed by atoms with Gasteiger partial charge < -0.3 is 10.1 Å². The normalized spacial score (nSPS) is 11.5. The third-order valence-corrected chi connectivity index (χ3v) is 2.01. The van der Waals surface area contributed by atoms with Gasteiger partial charge in [0.15, 0.2) is 6.10 Å². The third kappa shape index (κ3) is 3.76. The number of carbonyl (C=O) groups is 2. The summed E-state index contributed by atoms with van der Waals surface area (Å²) in [5.74, 6) is 4.76. The van der Waals surface area contributed by atoms with E-state index in [-0.39, 0.29) is 5.91 Å². The second kappa shape index (κ2) is 5.86. The predicted octanol–water partition coefficient (Wildman–Crippen LogP) is 0.402. The van der Waals surface area contributed by atoms with E-state index in [0.717, 1.165) is 0 Å². The smallest absolute Gasteiger partial charge is 0.274 e. The molecule has 1 unspecified atom stereocenters. The quantitative estimate of drug-likeness (QED) is 0.401. The topological polar surface area (TPSA) is 93.4 Å². The molecule has 0 aliphatic rings. The van der Waals surface area contributed by atoms with Crippen molar-refractivity contribution in [3.05, 3.63) is 24.3 Å². The molecule has 17 heavy (non-hydrogen) atoms. The van der Waals surface area contributed by atoms with Gasteiger partial charge in [0, 0.05) is 6.92 Å². The number of ether oxygens (including phenoxy) is 1. The Kier molecular flexibility index (Phi) is 4.47. The SMILES string of the molecule is CC(=O)Nc1ccccc1OC(C)C(=O)NN. The van der Waals surface area contributed by atoms with E-state index in [1.807, 2.05) is 5.43 Å². The first-order valence-electron chi connectivity index (χ1n) is 5.08. The van der Waals surface area contributed by atoms with Crippen LogP contribution in [-0.4, -0.2) is 17.9 Å². The van der Waals surface area contributed by atoms with Crippen molar-refractivity contribution >= 4 is 17.5 Å². The number of hydrogen-bond donors (Lipinski definition) is 3. The van der Waals surface area contributed by atoms with Gasteiger partial charge in [0.2, 0.25) is 5.91 Å². The lowest BCUT2D eigenvalue weighted by Gasteiger charge is -2.15. The predicted molar refractivity (Wildman–Crippen MR) is 63.2 cm³/mol. The van der Waals surface area contributed by atoms with Gasteiger partial charge in [-0.2, -0.15) is 0 Å². The van der Waals surface area contributed by atoms with Crippen LogP contribution in [0.1, 0.15) is 13.8 Å². The molecule has 6 nitrogen and oxygen atoms in total. The fraction of sp³-hybridized carbons (Fsp3) is 0.273. The van der Waals surface area contributed by atoms with Crippen molar-refractivity contribution in [3.8, 4) is 5.75 Å². The van der Waals surface area contributed by atoms with E-state index in [9.17, 15) is 9.59 Å². The maximum Gasteiger partial charge on any atom is 0.274 e. The van der Waals surface area contributed by atoms with Gasteiger partial charge in [-0.1, -0.05) is 12.1 Å². The Morgan fingerprint density at radius 2 is 2.00 bits per heavy atom. The molecule has 0 saturated carbocycles. The van der Waals surface area contributed by atoms with E-state index >= 15 is 0 Å². The summed E-state index contributed by atoms with van der Waals surface area (Å²) < 4.78 is 5.39. The van der Waals surface area contributed by atoms with Crippen LogP contribution in [0, 0.1) is 0 Å². The highest BCUT2D eigenvalue weighted by molar-refractivity contribution is 5.90. The maximum atomic E-state index is 11.2. The number of nitrogens with two attached hydrogens (primary N) is 1. The summed E-state index contributed by atoms with van der Waals surface area (Å²) in [4.78, 5) is 22.2. The van der Waals surface area contributed by atoms with Crippen molar-refractivity contribution in [2.75, 3.05) is 5.32 Å². The molecule has 0 aliphatic heterocycles. The maximum absolute atomic E-state index is 11.2. The van der Waals surface area contributed by atoms with Crippen LogP contribution in [0.2, 0.25) is 0 Å². The van der Waals surface area contributed by atoms with Gasteiger partial charge in [-0.25, -0.2) is 5.84 Å². The second-order valence-corrected chi connectivity index (χ2v) is 3.45. The van der Waals surface area contributed by atoms with E-state index in [1.165, 1.54) is 6.92 Å². The molecule has 0 aromatic heterocycles. The summed E-state index contributed by atoms with van der Waals surface area (Å²) in [5, 5.41) is 2.61. The largest absolute Gasteiger partial charge is 0.479 e. The Labute approximate surface area is 99.1 Å². The van der Waals surface area contributed by atoms with E-state index in [4.69, 9.17) is 10.6 Å². The van der Waals surface area contributed by atoms with Crippen LogP contribution < -0.4 is 21.3 Å². The number of benzene rings is 1. The molecular weight excluding hydrogens is 222 g/mol. The molecule has 0 saturated heterocycles. The Balaban J connectivity index is 2.83. The number of para-hydroxylation sites is 2. The minimum atomic E-state index is -0.741. The molecule has 6 heteroatoms. The van der Waals surface area contributed by atoms with Crippen molar-refractivity contribution in [2.45, 2.75) is 20.0 Å². The van der Waals surface area contributed by atoms with Crippen molar-refractivity contribution in [1.82, 2.24) is 5.43 Å². The summed E-state index contributed by atoms with van der Waals surface area (Å²) in [6.45, 7) is 2.96. The average molecular weight is 237 g/mol. The first-order valence-corrected chi connectivity index (χ1v) is 5.08. The van der Waals surface area contributed by atoms with Crippen molar-refractivity contribution in [1.29, 1.82) is 0 Å². The highest BCUT2D eigenvalue weighted by Crippen LogP contribution is 2.24. The lowest BCUT2D eigenvalue weighted by molar-refractivity contribution is -0.127. The van der Waals surface area contributed by atoms with Gasteiger partial charge in [0.1, 0.15) is 5.75 Å². The minimum Gasteiger partial charge on any atom is -0.479 e. The molecule has 0 spiro atoms. The van der Waals surface area contributed by atoms with E-state index < -0.39 is 12.0 Å². The Bertz CT molecular complexity index is 420. The first-order chi connectivity index (χ1) is 8.04. The van der Waals surface area contributed by atoms with Crippen LogP contribution in [-0.2, 0) is 9.59 Å². The van der Waals surface area contributed by atoms with E-state index in [2.05, 4.69) is 5.32 Å². The highest BCUT2D eigenvalue weighted by atomic mass is 16.5. The molecule has 0 fully saturated rings. The summed E-state index contributed by atoms with van der Waals surface area (Å²) in [6, 6.07) is 6.84. The van der Waals surface area contributed by atoms with Crippen LogP contribution in [0.5, 0.6) is 5.75 Å². The van der Waals surface area contributed by atoms with Crippen LogP contribution >= 0.6 is 0 Å². The summed E-state index contributed by atoms with van der Waals surface area (Å²) in [7, 11) is 0. The molecular formula is C11H15N3O3. The van der Waals surface area contributed by atoms with Crippen LogP contribution in [0.25, 0.3) is 0 Å². The minimum absolute atomic E-state index is 0.211. The number of hydrogen-bond acceptors (Lipinski definition) is 4. The summed E-state index contributed by atoms with van der Waals surface area (Å²) >= 11 is 0. The molecule has 1 atom stereocenters. The van der Waals surface area contributed by atoms with Crippen molar-refractivity contribution in [3.63, 3.8) is 0 Å². The van der Waals surface area contributed by atoms with Gasteiger partial charge >= 0.3 is 0 Å². The molecule has 1 rings (SSSR count). The molecule has 1 aromatic rings. The van der Waals surface area contributed by atoms with Crippen LogP contribution in [0.15, 0.2) is 24.3 Å². The second-order valence-electron chi connectivity index (χ2n) is 3.45. The van der Waals surface area contributed by atoms with E-state index in [0.29, 0.717) is 11.4 Å². The molecule has 0 heterocycles. The molecule has 0 radical (unpaired) electrons. The molecule has 1 aromatic carbocycles. The fourth-order valence-electron chi connectivity index (χ4n) is 1.22. The molecule has 2 amide bonds. The summed E-state index contributed by atoms with van der Waals surface area (Å²) in [5.41, 5.74) is 2.50. The average Bonchev–Trinajstić information content (AvgIpc) is 2.29. The number of rotatable bonds is 4. The van der Waals surface area contributed by atoms with Gasteiger partial charge in [0.25, 0.3) is 5.91 Å². The fourth-order valence-corrected chi connectivity index (χ4v) is 1.22. The van der Waals surface area contributed by atoms with E-state index in [1.54, 1.807) is 31.2 Å². The molecule has 0 bridgehead atoms. The summed E-state index contributed by atoms with van der Waals surface area (Å²) in [6.07, 6.45) is -0.741. The van der Waals surface area contributed by atoms with Crippen molar-refractivity contribution < 1.29 is 14.3 Å². The number of anilines is 1. The van der Waals surface area contributed by atoms with Gasteiger partial charge in [-0.15, -0.1) is 0 Å². The van der Waals surface area contributed by atoms with Gasteiger partial charge in [0.05, 0.1) is 5.69 Å². The Morgan fingerprint density at radius 1 is 1.35 bits per heavy atom.